The summed E-state index contributed by atoms with van der Waals surface area (Å²) in [6, 6.07) is 10.6. The van der Waals surface area contributed by atoms with E-state index in [9.17, 15) is 9.18 Å². The van der Waals surface area contributed by atoms with E-state index in [-0.39, 0.29) is 23.9 Å². The number of halogens is 1. The van der Waals surface area contributed by atoms with Gasteiger partial charge in [-0.2, -0.15) is 10.2 Å². The molecule has 0 unspecified atom stereocenters. The fourth-order valence-corrected chi connectivity index (χ4v) is 5.60. The minimum Gasteiger partial charge on any atom is -0.450 e. The maximum Gasteiger partial charge on any atom is 0.407 e. The molecular weight excluding hydrogens is 443 g/mol. The van der Waals surface area contributed by atoms with Gasteiger partial charge in [-0.1, -0.05) is 24.3 Å². The quantitative estimate of drug-likeness (QED) is 0.526. The fourth-order valence-electron chi connectivity index (χ4n) is 5.60. The van der Waals surface area contributed by atoms with Gasteiger partial charge in [-0.25, -0.2) is 9.18 Å². The Labute approximate surface area is 204 Å². The highest BCUT2D eigenvalue weighted by Crippen LogP contribution is 2.47. The molecule has 180 valence electrons. The average Bonchev–Trinajstić information content (AvgIpc) is 2.87. The van der Waals surface area contributed by atoms with Crippen molar-refractivity contribution in [3.63, 3.8) is 0 Å². The van der Waals surface area contributed by atoms with E-state index >= 15 is 0 Å². The van der Waals surface area contributed by atoms with E-state index in [1.165, 1.54) is 23.3 Å². The normalized spacial score (nSPS) is 23.4. The number of carbonyl (C=O) groups excluding carboxylic acids is 1. The smallest absolute Gasteiger partial charge is 0.407 e. The third-order valence-electron chi connectivity index (χ3n) is 7.21. The summed E-state index contributed by atoms with van der Waals surface area (Å²) in [7, 11) is 0. The molecule has 0 aliphatic heterocycles. The molecule has 1 saturated carbocycles. The van der Waals surface area contributed by atoms with Gasteiger partial charge in [0.2, 0.25) is 0 Å². The minimum absolute atomic E-state index is 0.133. The number of nitrogens with one attached hydrogen (secondary N) is 1. The SMILES string of the molecule is CCOC(=O)N[C@@H]1CC[C@@H]2[C@H](Cc3cnncc3[C@H]2C=Cc2ccc(-c3cccc(F)c3)cn2)C1. The third kappa shape index (κ3) is 5.24. The van der Waals surface area contributed by atoms with Gasteiger partial charge in [0.05, 0.1) is 24.7 Å². The summed E-state index contributed by atoms with van der Waals surface area (Å²) in [6.07, 6.45) is 13.3. The van der Waals surface area contributed by atoms with E-state index in [0.717, 1.165) is 42.5 Å². The highest BCUT2D eigenvalue weighted by Gasteiger charge is 2.40. The van der Waals surface area contributed by atoms with Crippen molar-refractivity contribution in [2.24, 2.45) is 11.8 Å². The fraction of sp³-hybridized carbons (Fsp3) is 0.357. The van der Waals surface area contributed by atoms with Gasteiger partial charge in [-0.05, 0) is 85.4 Å². The van der Waals surface area contributed by atoms with Crippen LogP contribution in [0.3, 0.4) is 0 Å². The van der Waals surface area contributed by atoms with Crippen LogP contribution in [0, 0.1) is 17.7 Å². The number of nitrogens with zero attached hydrogens (tertiary/aromatic N) is 3. The first-order chi connectivity index (χ1) is 17.1. The van der Waals surface area contributed by atoms with Crippen molar-refractivity contribution in [1.29, 1.82) is 0 Å². The molecular formula is C28H29FN4O2. The van der Waals surface area contributed by atoms with Crippen LogP contribution < -0.4 is 5.32 Å². The lowest BCUT2D eigenvalue weighted by atomic mass is 9.63. The van der Waals surface area contributed by atoms with Crippen LogP contribution in [0.25, 0.3) is 17.2 Å². The minimum atomic E-state index is -0.331. The summed E-state index contributed by atoms with van der Waals surface area (Å²) < 4.78 is 18.7. The molecule has 6 nitrogen and oxygen atoms in total. The van der Waals surface area contributed by atoms with Crippen molar-refractivity contribution in [3.8, 4) is 11.1 Å². The number of aromatic nitrogens is 3. The second-order valence-electron chi connectivity index (χ2n) is 9.34. The molecule has 1 fully saturated rings. The number of hydrogen-bond donors (Lipinski definition) is 1. The van der Waals surface area contributed by atoms with E-state index in [1.54, 1.807) is 12.3 Å². The van der Waals surface area contributed by atoms with Gasteiger partial charge in [-0.3, -0.25) is 4.98 Å². The predicted octanol–water partition coefficient (Wildman–Crippen LogP) is 5.56. The van der Waals surface area contributed by atoms with Gasteiger partial charge in [0.15, 0.2) is 0 Å². The molecule has 0 radical (unpaired) electrons. The number of ether oxygens (including phenoxy) is 1. The largest absolute Gasteiger partial charge is 0.450 e. The Morgan fingerprint density at radius 1 is 1.14 bits per heavy atom. The number of pyridine rings is 1. The maximum absolute atomic E-state index is 13.6. The lowest BCUT2D eigenvalue weighted by Gasteiger charge is -2.43. The van der Waals surface area contributed by atoms with E-state index < -0.39 is 0 Å². The van der Waals surface area contributed by atoms with Crippen molar-refractivity contribution in [2.45, 2.75) is 44.6 Å². The van der Waals surface area contributed by atoms with Crippen LogP contribution in [0.2, 0.25) is 0 Å². The van der Waals surface area contributed by atoms with Crippen LogP contribution in [0.5, 0.6) is 0 Å². The first kappa shape index (κ1) is 23.1. The van der Waals surface area contributed by atoms with Gasteiger partial charge in [0.1, 0.15) is 5.82 Å². The number of allylic oxidation sites excluding steroid dienone is 1. The molecule has 1 N–H and O–H groups in total. The second kappa shape index (κ2) is 10.3. The van der Waals surface area contributed by atoms with Crippen LogP contribution in [0.1, 0.15) is 48.9 Å². The highest BCUT2D eigenvalue weighted by atomic mass is 19.1. The van der Waals surface area contributed by atoms with Crippen LogP contribution in [0.4, 0.5) is 9.18 Å². The van der Waals surface area contributed by atoms with Crippen LogP contribution in [-0.4, -0.2) is 33.9 Å². The topological polar surface area (TPSA) is 77.0 Å². The molecule has 5 rings (SSSR count). The van der Waals surface area contributed by atoms with Gasteiger partial charge >= 0.3 is 6.09 Å². The number of carbonyl (C=O) groups is 1. The summed E-state index contributed by atoms with van der Waals surface area (Å²) >= 11 is 0. The maximum atomic E-state index is 13.6. The van der Waals surface area contributed by atoms with Crippen molar-refractivity contribution in [2.75, 3.05) is 6.61 Å². The van der Waals surface area contributed by atoms with Crippen molar-refractivity contribution in [3.05, 3.63) is 83.7 Å². The van der Waals surface area contributed by atoms with Gasteiger partial charge in [0, 0.05) is 23.7 Å². The molecule has 0 saturated heterocycles. The lowest BCUT2D eigenvalue weighted by molar-refractivity contribution is 0.129. The lowest BCUT2D eigenvalue weighted by Crippen LogP contribution is -2.44. The van der Waals surface area contributed by atoms with Crippen molar-refractivity contribution < 1.29 is 13.9 Å². The zero-order valence-corrected chi connectivity index (χ0v) is 19.7. The summed E-state index contributed by atoms with van der Waals surface area (Å²) in [6.45, 7) is 2.19. The molecule has 3 aromatic rings. The molecule has 1 aromatic carbocycles. The van der Waals surface area contributed by atoms with Crippen LogP contribution >= 0.6 is 0 Å². The highest BCUT2D eigenvalue weighted by molar-refractivity contribution is 5.67. The Morgan fingerprint density at radius 2 is 2.03 bits per heavy atom. The monoisotopic (exact) mass is 472 g/mol. The van der Waals surface area contributed by atoms with Gasteiger partial charge in [-0.15, -0.1) is 0 Å². The molecule has 1 amide bonds. The van der Waals surface area contributed by atoms with E-state index in [0.29, 0.717) is 18.4 Å². The molecule has 0 bridgehead atoms. The van der Waals surface area contributed by atoms with Gasteiger partial charge in [0.25, 0.3) is 0 Å². The Morgan fingerprint density at radius 3 is 2.83 bits per heavy atom. The van der Waals surface area contributed by atoms with Crippen molar-refractivity contribution in [1.82, 2.24) is 20.5 Å². The molecule has 7 heteroatoms. The number of hydrogen-bond acceptors (Lipinski definition) is 5. The molecule has 4 atom stereocenters. The van der Waals surface area contributed by atoms with E-state index in [4.69, 9.17) is 4.74 Å². The van der Waals surface area contributed by atoms with Crippen LogP contribution in [0.15, 0.2) is 61.1 Å². The predicted molar refractivity (Wildman–Crippen MR) is 132 cm³/mol. The van der Waals surface area contributed by atoms with Crippen LogP contribution in [-0.2, 0) is 11.2 Å². The number of rotatable bonds is 5. The number of fused-ring (bicyclic) bond motifs is 2. The Hall–Kier alpha value is -3.61. The third-order valence-corrected chi connectivity index (χ3v) is 7.21. The Bertz CT molecular complexity index is 1210. The summed E-state index contributed by atoms with van der Waals surface area (Å²) in [5, 5.41) is 11.3. The summed E-state index contributed by atoms with van der Waals surface area (Å²) in [5.74, 6) is 0.875. The molecule has 2 aliphatic carbocycles. The van der Waals surface area contributed by atoms with Crippen molar-refractivity contribution >= 4 is 12.2 Å². The average molecular weight is 473 g/mol. The Kier molecular flexibility index (Phi) is 6.84. The first-order valence-corrected chi connectivity index (χ1v) is 12.2. The standard InChI is InChI=1S/C28H29FN4O2/c1-2-35-28(34)33-24-9-10-25-20(14-24)12-21-16-31-32-17-27(21)26(25)11-8-23-7-6-19(15-30-23)18-4-3-5-22(29)13-18/h3-8,11,13,15-17,20,24-26H,2,9-10,12,14H2,1H3,(H,33,34)/t20-,24-,25-,26+/m1/s1. The Balaban J connectivity index is 1.34. The molecule has 35 heavy (non-hydrogen) atoms. The van der Waals surface area contributed by atoms with Gasteiger partial charge < -0.3 is 10.1 Å². The molecule has 2 aliphatic rings. The molecule has 2 aromatic heterocycles. The first-order valence-electron chi connectivity index (χ1n) is 12.2. The van der Waals surface area contributed by atoms with E-state index in [1.807, 2.05) is 37.5 Å². The number of amides is 1. The number of benzene rings is 1. The van der Waals surface area contributed by atoms with E-state index in [2.05, 4.69) is 32.7 Å². The molecule has 2 heterocycles. The summed E-state index contributed by atoms with van der Waals surface area (Å²) in [5.41, 5.74) is 5.00. The zero-order valence-electron chi connectivity index (χ0n) is 19.7. The molecule has 0 spiro atoms. The second-order valence-corrected chi connectivity index (χ2v) is 9.34. The number of alkyl carbamates (subject to hydrolysis) is 1. The summed E-state index contributed by atoms with van der Waals surface area (Å²) in [4.78, 5) is 16.5. The zero-order chi connectivity index (χ0) is 24.2.